The van der Waals surface area contributed by atoms with E-state index in [1.165, 1.54) is 7.11 Å². The van der Waals surface area contributed by atoms with Crippen LogP contribution in [0.5, 0.6) is 5.75 Å². The lowest BCUT2D eigenvalue weighted by molar-refractivity contribution is 0.0974. The lowest BCUT2D eigenvalue weighted by atomic mass is 10.2. The van der Waals surface area contributed by atoms with Crippen LogP contribution < -0.4 is 15.4 Å². The maximum atomic E-state index is 12.5. The SMILES string of the molecule is COc1ccc(Br)cc1C(=O)NC(=S)Nc1ccc(-c2nc3ncccc3o2)cc1. The molecule has 0 aliphatic carbocycles. The Morgan fingerprint density at radius 2 is 1.97 bits per heavy atom. The molecular weight excluding hydrogens is 468 g/mol. The van der Waals surface area contributed by atoms with E-state index in [9.17, 15) is 4.79 Å². The van der Waals surface area contributed by atoms with Crippen molar-refractivity contribution >= 4 is 56.1 Å². The zero-order chi connectivity index (χ0) is 21.1. The fourth-order valence-electron chi connectivity index (χ4n) is 2.78. The number of fused-ring (bicyclic) bond motifs is 1. The quantitative estimate of drug-likeness (QED) is 0.404. The van der Waals surface area contributed by atoms with Crippen LogP contribution >= 0.6 is 28.1 Å². The number of halogens is 1. The monoisotopic (exact) mass is 482 g/mol. The predicted octanol–water partition coefficient (Wildman–Crippen LogP) is 4.79. The highest BCUT2D eigenvalue weighted by Gasteiger charge is 2.14. The third-order valence-corrected chi connectivity index (χ3v) is 4.89. The first-order valence-electron chi connectivity index (χ1n) is 8.81. The Kier molecular flexibility index (Phi) is 5.73. The van der Waals surface area contributed by atoms with E-state index in [1.807, 2.05) is 30.3 Å². The number of rotatable bonds is 4. The van der Waals surface area contributed by atoms with Crippen molar-refractivity contribution in [2.24, 2.45) is 0 Å². The minimum atomic E-state index is -0.374. The molecule has 2 aromatic heterocycles. The second-order valence-corrected chi connectivity index (χ2v) is 7.50. The number of carbonyl (C=O) groups excluding carboxylic acids is 1. The van der Waals surface area contributed by atoms with Crippen molar-refractivity contribution in [2.75, 3.05) is 12.4 Å². The summed E-state index contributed by atoms with van der Waals surface area (Å²) < 4.78 is 11.7. The summed E-state index contributed by atoms with van der Waals surface area (Å²) in [4.78, 5) is 21.1. The van der Waals surface area contributed by atoms with Crippen molar-refractivity contribution in [1.29, 1.82) is 0 Å². The van der Waals surface area contributed by atoms with Gasteiger partial charge < -0.3 is 14.5 Å². The Morgan fingerprint density at radius 1 is 1.17 bits per heavy atom. The molecule has 0 aliphatic rings. The second kappa shape index (κ2) is 8.60. The fraction of sp³-hybridized carbons (Fsp3) is 0.0476. The Bertz CT molecular complexity index is 1210. The highest BCUT2D eigenvalue weighted by atomic mass is 79.9. The van der Waals surface area contributed by atoms with E-state index in [1.54, 1.807) is 30.5 Å². The third kappa shape index (κ3) is 4.32. The number of hydrogen-bond donors (Lipinski definition) is 2. The number of methoxy groups -OCH3 is 1. The average molecular weight is 483 g/mol. The number of pyridine rings is 1. The number of oxazole rings is 1. The molecule has 1 amide bonds. The van der Waals surface area contributed by atoms with E-state index in [2.05, 4.69) is 36.5 Å². The fourth-order valence-corrected chi connectivity index (χ4v) is 3.35. The Balaban J connectivity index is 1.44. The number of amides is 1. The second-order valence-electron chi connectivity index (χ2n) is 6.17. The van der Waals surface area contributed by atoms with E-state index in [4.69, 9.17) is 21.4 Å². The van der Waals surface area contributed by atoms with E-state index in [0.29, 0.717) is 34.1 Å². The van der Waals surface area contributed by atoms with Gasteiger partial charge in [0.25, 0.3) is 5.91 Å². The summed E-state index contributed by atoms with van der Waals surface area (Å²) in [5.74, 6) is 0.560. The number of carbonyl (C=O) groups is 1. The summed E-state index contributed by atoms with van der Waals surface area (Å²) in [6.07, 6.45) is 1.67. The molecule has 9 heteroatoms. The van der Waals surface area contributed by atoms with Gasteiger partial charge in [-0.1, -0.05) is 15.9 Å². The van der Waals surface area contributed by atoms with Gasteiger partial charge in [0.1, 0.15) is 5.75 Å². The van der Waals surface area contributed by atoms with Crippen LogP contribution in [0.25, 0.3) is 22.7 Å². The number of thiocarbonyl (C=S) groups is 1. The molecular formula is C21H15BrN4O3S. The van der Waals surface area contributed by atoms with Crippen molar-refractivity contribution in [2.45, 2.75) is 0 Å². The Hall–Kier alpha value is -3.30. The van der Waals surface area contributed by atoms with E-state index in [-0.39, 0.29) is 11.0 Å². The number of nitrogens with zero attached hydrogens (tertiary/aromatic N) is 2. The molecule has 0 fully saturated rings. The van der Waals surface area contributed by atoms with Gasteiger partial charge in [0.15, 0.2) is 16.3 Å². The van der Waals surface area contributed by atoms with Gasteiger partial charge in [0.2, 0.25) is 5.89 Å². The highest BCUT2D eigenvalue weighted by Crippen LogP contribution is 2.25. The number of ether oxygens (including phenoxy) is 1. The lowest BCUT2D eigenvalue weighted by Gasteiger charge is -2.12. The van der Waals surface area contributed by atoms with Gasteiger partial charge in [0.05, 0.1) is 12.7 Å². The molecule has 2 aromatic carbocycles. The molecule has 0 unspecified atom stereocenters. The molecule has 0 radical (unpaired) electrons. The van der Waals surface area contributed by atoms with Gasteiger partial charge in [-0.2, -0.15) is 4.98 Å². The first-order chi connectivity index (χ1) is 14.5. The number of nitrogens with one attached hydrogen (secondary N) is 2. The molecule has 150 valence electrons. The molecule has 0 saturated carbocycles. The first-order valence-corrected chi connectivity index (χ1v) is 10.0. The van der Waals surface area contributed by atoms with Crippen LogP contribution in [-0.4, -0.2) is 28.1 Å². The van der Waals surface area contributed by atoms with Crippen LogP contribution in [0.15, 0.2) is 69.7 Å². The standard InChI is InChI=1S/C21H15BrN4O3S/c1-28-16-9-6-13(22)11-15(16)19(27)26-21(30)24-14-7-4-12(5-8-14)20-25-18-17(29-20)3-2-10-23-18/h2-11H,1H3,(H2,24,26,27,30). The van der Waals surface area contributed by atoms with Crippen LogP contribution in [0, 0.1) is 0 Å². The molecule has 7 nitrogen and oxygen atoms in total. The average Bonchev–Trinajstić information content (AvgIpc) is 3.18. The smallest absolute Gasteiger partial charge is 0.261 e. The van der Waals surface area contributed by atoms with Crippen molar-refractivity contribution < 1.29 is 13.9 Å². The molecule has 4 rings (SSSR count). The topological polar surface area (TPSA) is 89.3 Å². The molecule has 0 saturated heterocycles. The summed E-state index contributed by atoms with van der Waals surface area (Å²) in [5, 5.41) is 5.80. The van der Waals surface area contributed by atoms with Crippen LogP contribution in [0.1, 0.15) is 10.4 Å². The highest BCUT2D eigenvalue weighted by molar-refractivity contribution is 9.10. The third-order valence-electron chi connectivity index (χ3n) is 4.19. The van der Waals surface area contributed by atoms with E-state index < -0.39 is 0 Å². The van der Waals surface area contributed by atoms with Gasteiger partial charge in [-0.25, -0.2) is 4.98 Å². The summed E-state index contributed by atoms with van der Waals surface area (Å²) in [6.45, 7) is 0. The summed E-state index contributed by atoms with van der Waals surface area (Å²) >= 11 is 8.61. The number of aromatic nitrogens is 2. The van der Waals surface area contributed by atoms with Crippen LogP contribution in [0.4, 0.5) is 5.69 Å². The minimum Gasteiger partial charge on any atom is -0.496 e. The molecule has 0 aliphatic heterocycles. The molecule has 0 bridgehead atoms. The van der Waals surface area contributed by atoms with Crippen molar-refractivity contribution in [3.8, 4) is 17.2 Å². The maximum Gasteiger partial charge on any atom is 0.261 e. The van der Waals surface area contributed by atoms with E-state index in [0.717, 1.165) is 10.0 Å². The molecule has 2 heterocycles. The minimum absolute atomic E-state index is 0.167. The first kappa shape index (κ1) is 20.0. The van der Waals surface area contributed by atoms with Crippen LogP contribution in [0.2, 0.25) is 0 Å². The number of benzene rings is 2. The molecule has 4 aromatic rings. The predicted molar refractivity (Wildman–Crippen MR) is 122 cm³/mol. The van der Waals surface area contributed by atoms with Crippen molar-refractivity contribution in [1.82, 2.24) is 15.3 Å². The molecule has 2 N–H and O–H groups in total. The zero-order valence-corrected chi connectivity index (χ0v) is 18.1. The lowest BCUT2D eigenvalue weighted by Crippen LogP contribution is -2.34. The Labute approximate surface area is 185 Å². The van der Waals surface area contributed by atoms with Gasteiger partial charge in [-0.15, -0.1) is 0 Å². The van der Waals surface area contributed by atoms with Gasteiger partial charge >= 0.3 is 0 Å². The van der Waals surface area contributed by atoms with Gasteiger partial charge in [-0.3, -0.25) is 10.1 Å². The normalized spacial score (nSPS) is 10.6. The number of anilines is 1. The van der Waals surface area contributed by atoms with Crippen molar-refractivity contribution in [3.05, 3.63) is 70.8 Å². The van der Waals surface area contributed by atoms with Crippen LogP contribution in [0.3, 0.4) is 0 Å². The van der Waals surface area contributed by atoms with Crippen LogP contribution in [-0.2, 0) is 0 Å². The summed E-state index contributed by atoms with van der Waals surface area (Å²) in [7, 11) is 1.51. The zero-order valence-electron chi connectivity index (χ0n) is 15.7. The summed E-state index contributed by atoms with van der Waals surface area (Å²) in [5.41, 5.74) is 3.06. The van der Waals surface area contributed by atoms with Gasteiger partial charge in [0, 0.05) is 21.9 Å². The largest absolute Gasteiger partial charge is 0.496 e. The maximum absolute atomic E-state index is 12.5. The summed E-state index contributed by atoms with van der Waals surface area (Å²) in [6, 6.07) is 16.1. The van der Waals surface area contributed by atoms with Crippen molar-refractivity contribution in [3.63, 3.8) is 0 Å². The molecule has 0 atom stereocenters. The number of hydrogen-bond acceptors (Lipinski definition) is 6. The van der Waals surface area contributed by atoms with E-state index >= 15 is 0 Å². The molecule has 30 heavy (non-hydrogen) atoms. The Morgan fingerprint density at radius 3 is 2.70 bits per heavy atom. The molecule has 0 spiro atoms. The van der Waals surface area contributed by atoms with Gasteiger partial charge in [-0.05, 0) is 66.8 Å².